The van der Waals surface area contributed by atoms with Gasteiger partial charge < -0.3 is 19.6 Å². The van der Waals surface area contributed by atoms with Crippen molar-refractivity contribution in [2.45, 2.75) is 13.8 Å². The van der Waals surface area contributed by atoms with Crippen LogP contribution in [-0.4, -0.2) is 29.3 Å². The van der Waals surface area contributed by atoms with Crippen molar-refractivity contribution in [3.8, 4) is 28.7 Å². The number of nitrogens with zero attached hydrogens (tertiary/aromatic N) is 1. The average molecular weight is 407 g/mol. The number of aliphatic carboxylic acids is 1. The van der Waals surface area contributed by atoms with E-state index in [0.29, 0.717) is 33.6 Å². The van der Waals surface area contributed by atoms with Gasteiger partial charge in [0.1, 0.15) is 11.6 Å². The lowest BCUT2D eigenvalue weighted by molar-refractivity contribution is -0.139. The Kier molecular flexibility index (Phi) is 5.83. The molecule has 0 saturated carbocycles. The van der Waals surface area contributed by atoms with E-state index in [1.54, 1.807) is 32.0 Å². The largest absolute Gasteiger partial charge is 0.490 e. The summed E-state index contributed by atoms with van der Waals surface area (Å²) in [5.41, 5.74) is 1.15. The number of aromatic nitrogens is 1. The summed E-state index contributed by atoms with van der Waals surface area (Å²) in [6.07, 6.45) is 0. The molecule has 1 aromatic carbocycles. The highest BCUT2D eigenvalue weighted by molar-refractivity contribution is 9.10. The highest BCUT2D eigenvalue weighted by Gasteiger charge is 2.17. The molecule has 7 nitrogen and oxygen atoms in total. The van der Waals surface area contributed by atoms with E-state index in [9.17, 15) is 14.9 Å². The molecule has 1 aromatic heterocycles. The molecule has 0 aliphatic rings. The van der Waals surface area contributed by atoms with Gasteiger partial charge in [-0.05, 0) is 53.5 Å². The number of rotatable bonds is 6. The van der Waals surface area contributed by atoms with Crippen LogP contribution in [0.1, 0.15) is 18.2 Å². The highest BCUT2D eigenvalue weighted by Crippen LogP contribution is 2.40. The lowest BCUT2D eigenvalue weighted by Gasteiger charge is -2.15. The molecule has 0 radical (unpaired) electrons. The van der Waals surface area contributed by atoms with E-state index in [4.69, 9.17) is 14.6 Å². The van der Waals surface area contributed by atoms with Crippen molar-refractivity contribution in [1.82, 2.24) is 4.98 Å². The number of nitrogens with one attached hydrogen (secondary N) is 1. The first kappa shape index (κ1) is 18.5. The molecule has 0 aliphatic carbocycles. The van der Waals surface area contributed by atoms with Crippen LogP contribution in [0, 0.1) is 18.3 Å². The van der Waals surface area contributed by atoms with Gasteiger partial charge in [-0.2, -0.15) is 5.26 Å². The van der Waals surface area contributed by atoms with Gasteiger partial charge in [0.2, 0.25) is 0 Å². The molecule has 0 bridgehead atoms. The maximum Gasteiger partial charge on any atom is 0.341 e. The first-order valence-corrected chi connectivity index (χ1v) is 8.12. The smallest absolute Gasteiger partial charge is 0.341 e. The normalized spacial score (nSPS) is 10.2. The van der Waals surface area contributed by atoms with Crippen LogP contribution in [0.5, 0.6) is 11.5 Å². The molecule has 0 unspecified atom stereocenters. The van der Waals surface area contributed by atoms with Gasteiger partial charge in [-0.3, -0.25) is 4.79 Å². The molecule has 2 rings (SSSR count). The second kappa shape index (κ2) is 7.85. The number of halogens is 1. The maximum atomic E-state index is 12.0. The SMILES string of the molecule is CCOc1cc(-c2cc(C)[nH]c(=O)c2C#N)cc(Br)c1OCC(=O)O. The second-order valence-electron chi connectivity index (χ2n) is 5.08. The summed E-state index contributed by atoms with van der Waals surface area (Å²) in [5, 5.41) is 18.1. The molecule has 0 fully saturated rings. The third-order valence-electron chi connectivity index (χ3n) is 3.24. The molecule has 8 heteroatoms. The van der Waals surface area contributed by atoms with Crippen LogP contribution < -0.4 is 15.0 Å². The van der Waals surface area contributed by atoms with Gasteiger partial charge >= 0.3 is 5.97 Å². The van der Waals surface area contributed by atoms with E-state index in [2.05, 4.69) is 20.9 Å². The molecule has 0 atom stereocenters. The fraction of sp³-hybridized carbons (Fsp3) is 0.235. The number of H-pyrrole nitrogens is 1. The Morgan fingerprint density at radius 1 is 1.36 bits per heavy atom. The van der Waals surface area contributed by atoms with Crippen molar-refractivity contribution in [2.75, 3.05) is 13.2 Å². The Morgan fingerprint density at radius 3 is 2.68 bits per heavy atom. The topological polar surface area (TPSA) is 112 Å². The number of aryl methyl sites for hydroxylation is 1. The molecule has 1 heterocycles. The third kappa shape index (κ3) is 4.19. The first-order chi connectivity index (χ1) is 11.9. The fourth-order valence-corrected chi connectivity index (χ4v) is 2.84. The lowest BCUT2D eigenvalue weighted by atomic mass is 10.0. The van der Waals surface area contributed by atoms with Crippen LogP contribution in [0.4, 0.5) is 0 Å². The van der Waals surface area contributed by atoms with E-state index in [1.165, 1.54) is 0 Å². The summed E-state index contributed by atoms with van der Waals surface area (Å²) in [5.74, 6) is -0.557. The van der Waals surface area contributed by atoms with Gasteiger partial charge in [-0.1, -0.05) is 0 Å². The minimum Gasteiger partial charge on any atom is -0.490 e. The fourth-order valence-electron chi connectivity index (χ4n) is 2.29. The van der Waals surface area contributed by atoms with Crippen LogP contribution in [0.3, 0.4) is 0 Å². The Labute approximate surface area is 152 Å². The van der Waals surface area contributed by atoms with Crippen LogP contribution in [0.15, 0.2) is 27.5 Å². The van der Waals surface area contributed by atoms with Crippen LogP contribution in [-0.2, 0) is 4.79 Å². The zero-order valence-corrected chi connectivity index (χ0v) is 15.1. The minimum atomic E-state index is -1.12. The van der Waals surface area contributed by atoms with Crippen molar-refractivity contribution in [1.29, 1.82) is 5.26 Å². The molecule has 0 spiro atoms. The van der Waals surface area contributed by atoms with Crippen LogP contribution >= 0.6 is 15.9 Å². The summed E-state index contributed by atoms with van der Waals surface area (Å²) in [4.78, 5) is 25.3. The molecule has 0 saturated heterocycles. The zero-order valence-electron chi connectivity index (χ0n) is 13.6. The first-order valence-electron chi connectivity index (χ1n) is 7.32. The number of hydrogen-bond acceptors (Lipinski definition) is 5. The number of carboxylic acid groups (broad SMARTS) is 1. The maximum absolute atomic E-state index is 12.0. The molecule has 0 amide bonds. The van der Waals surface area contributed by atoms with Crippen LogP contribution in [0.25, 0.3) is 11.1 Å². The van der Waals surface area contributed by atoms with Gasteiger partial charge in [-0.25, -0.2) is 4.79 Å². The molecule has 0 aliphatic heterocycles. The molecule has 25 heavy (non-hydrogen) atoms. The number of carboxylic acids is 1. The van der Waals surface area contributed by atoms with Crippen molar-refractivity contribution in [3.05, 3.63) is 44.3 Å². The van der Waals surface area contributed by atoms with E-state index < -0.39 is 18.1 Å². The van der Waals surface area contributed by atoms with E-state index >= 15 is 0 Å². The van der Waals surface area contributed by atoms with Gasteiger partial charge in [0, 0.05) is 11.3 Å². The van der Waals surface area contributed by atoms with Gasteiger partial charge in [0.05, 0.1) is 11.1 Å². The number of nitriles is 1. The lowest BCUT2D eigenvalue weighted by Crippen LogP contribution is -2.13. The predicted octanol–water partition coefficient (Wildman–Crippen LogP) is 2.85. The number of hydrogen-bond donors (Lipinski definition) is 2. The number of aromatic amines is 1. The van der Waals surface area contributed by atoms with Crippen molar-refractivity contribution >= 4 is 21.9 Å². The number of benzene rings is 1. The van der Waals surface area contributed by atoms with Crippen molar-refractivity contribution in [3.63, 3.8) is 0 Å². The number of ether oxygens (including phenoxy) is 2. The van der Waals surface area contributed by atoms with Gasteiger partial charge in [0.15, 0.2) is 18.1 Å². The minimum absolute atomic E-state index is 0.0147. The summed E-state index contributed by atoms with van der Waals surface area (Å²) < 4.78 is 11.3. The predicted molar refractivity (Wildman–Crippen MR) is 94.0 cm³/mol. The number of pyridine rings is 1. The highest BCUT2D eigenvalue weighted by atomic mass is 79.9. The summed E-state index contributed by atoms with van der Waals surface area (Å²) >= 11 is 3.33. The summed E-state index contributed by atoms with van der Waals surface area (Å²) in [6.45, 7) is 3.30. The Morgan fingerprint density at radius 2 is 2.08 bits per heavy atom. The average Bonchev–Trinajstić information content (AvgIpc) is 2.53. The van der Waals surface area contributed by atoms with Crippen molar-refractivity contribution < 1.29 is 19.4 Å². The van der Waals surface area contributed by atoms with Gasteiger partial charge in [-0.15, -0.1) is 0 Å². The van der Waals surface area contributed by atoms with E-state index in [0.717, 1.165) is 0 Å². The quantitative estimate of drug-likeness (QED) is 0.762. The monoisotopic (exact) mass is 406 g/mol. The molecule has 2 aromatic rings. The standard InChI is InChI=1S/C17H15BrN2O5/c1-3-24-14-6-10(5-13(18)16(14)25-8-15(21)22)11-4-9(2)20-17(23)12(11)7-19/h4-6H,3,8H2,1-2H3,(H,20,23)(H,21,22). The van der Waals surface area contributed by atoms with Crippen LogP contribution in [0.2, 0.25) is 0 Å². The van der Waals surface area contributed by atoms with Gasteiger partial charge in [0.25, 0.3) is 5.56 Å². The summed E-state index contributed by atoms with van der Waals surface area (Å²) in [7, 11) is 0. The van der Waals surface area contributed by atoms with E-state index in [1.807, 2.05) is 6.07 Å². The molecule has 130 valence electrons. The third-order valence-corrected chi connectivity index (χ3v) is 3.83. The number of carbonyl (C=O) groups is 1. The Hall–Kier alpha value is -2.79. The molecular weight excluding hydrogens is 392 g/mol. The van der Waals surface area contributed by atoms with E-state index in [-0.39, 0.29) is 11.3 Å². The van der Waals surface area contributed by atoms with Crippen molar-refractivity contribution in [2.24, 2.45) is 0 Å². The Bertz CT molecular complexity index is 914. The zero-order chi connectivity index (χ0) is 18.6. The second-order valence-corrected chi connectivity index (χ2v) is 5.94. The Balaban J connectivity index is 2.63. The summed E-state index contributed by atoms with van der Waals surface area (Å²) in [6, 6.07) is 6.86. The molecule has 2 N–H and O–H groups in total. The molecular formula is C17H15BrN2O5.